The standard InChI is InChI=1S/C43H60N4O8/c1-30(2)53-22-12-10-8-7-9-11-20-44-40(48)19-23-51-25-26-52-24-21-45-41(49)31-13-16-34-37(27-31)43(55-42(34)50)35-17-14-32(46(3)4)28-38(35)54-39-29-33(47(5)6)15-18-36(39)43/h13-18,27-30,42,50H,7-12,19-26H2,1-6H3,(H,44,48)(H,45,49). The third-order valence-corrected chi connectivity index (χ3v) is 9.91. The maximum atomic E-state index is 13.4. The Bertz CT molecular complexity index is 1670. The molecular weight excluding hydrogens is 700 g/mol. The quantitative estimate of drug-likeness (QED) is 0.101. The number of rotatable bonds is 22. The Balaban J connectivity index is 1.06. The second-order valence-corrected chi connectivity index (χ2v) is 14.8. The Morgan fingerprint density at radius 2 is 1.35 bits per heavy atom. The Morgan fingerprint density at radius 3 is 1.98 bits per heavy atom. The number of carbonyl (C=O) groups is 2. The van der Waals surface area contributed by atoms with Crippen LogP contribution in [-0.2, 0) is 29.3 Å². The number of nitrogens with zero attached hydrogens (tertiary/aromatic N) is 2. The minimum atomic E-state index is -1.20. The third-order valence-electron chi connectivity index (χ3n) is 9.91. The predicted molar refractivity (Wildman–Crippen MR) is 214 cm³/mol. The van der Waals surface area contributed by atoms with Gasteiger partial charge in [0.25, 0.3) is 5.91 Å². The van der Waals surface area contributed by atoms with Crippen LogP contribution in [0.15, 0.2) is 54.6 Å². The molecule has 0 bridgehead atoms. The number of aliphatic hydroxyl groups excluding tert-OH is 1. The van der Waals surface area contributed by atoms with Gasteiger partial charge in [0.15, 0.2) is 11.9 Å². The molecule has 55 heavy (non-hydrogen) atoms. The molecule has 0 fully saturated rings. The maximum absolute atomic E-state index is 13.4. The van der Waals surface area contributed by atoms with Crippen molar-refractivity contribution in [3.8, 4) is 11.5 Å². The zero-order chi connectivity index (χ0) is 39.4. The lowest BCUT2D eigenvalue weighted by Gasteiger charge is -2.38. The van der Waals surface area contributed by atoms with E-state index in [-0.39, 0.29) is 11.8 Å². The molecule has 1 spiro atoms. The Kier molecular flexibility index (Phi) is 15.3. The first-order valence-corrected chi connectivity index (χ1v) is 19.6. The molecule has 12 nitrogen and oxygen atoms in total. The summed E-state index contributed by atoms with van der Waals surface area (Å²) in [7, 11) is 7.86. The van der Waals surface area contributed by atoms with Gasteiger partial charge in [-0.05, 0) is 63.1 Å². The molecule has 1 unspecified atom stereocenters. The van der Waals surface area contributed by atoms with Gasteiger partial charge in [-0.2, -0.15) is 0 Å². The van der Waals surface area contributed by atoms with Crippen LogP contribution >= 0.6 is 0 Å². The van der Waals surface area contributed by atoms with E-state index in [1.54, 1.807) is 18.2 Å². The van der Waals surface area contributed by atoms with Gasteiger partial charge in [-0.15, -0.1) is 0 Å². The summed E-state index contributed by atoms with van der Waals surface area (Å²) < 4.78 is 29.8. The van der Waals surface area contributed by atoms with Gasteiger partial charge in [-0.1, -0.05) is 31.7 Å². The maximum Gasteiger partial charge on any atom is 0.251 e. The Labute approximate surface area is 326 Å². The second kappa shape index (κ2) is 20.1. The number of anilines is 2. The average Bonchev–Trinajstić information content (AvgIpc) is 3.45. The SMILES string of the molecule is CC(C)OCCCCCCCCNC(=O)CCOCCOCCNC(=O)c1ccc2c(c1)C1(OC2O)c2ccc(N(C)C)cc2Oc2cc(N(C)C)ccc21. The first-order chi connectivity index (χ1) is 26.5. The summed E-state index contributed by atoms with van der Waals surface area (Å²) in [5, 5.41) is 17.1. The van der Waals surface area contributed by atoms with Gasteiger partial charge >= 0.3 is 0 Å². The van der Waals surface area contributed by atoms with E-state index in [4.69, 9.17) is 23.7 Å². The van der Waals surface area contributed by atoms with Crippen molar-refractivity contribution in [2.75, 3.05) is 84.1 Å². The van der Waals surface area contributed by atoms with E-state index < -0.39 is 11.9 Å². The lowest BCUT2D eigenvalue weighted by Crippen LogP contribution is -2.33. The van der Waals surface area contributed by atoms with Crippen molar-refractivity contribution in [1.82, 2.24) is 10.6 Å². The van der Waals surface area contributed by atoms with Crippen LogP contribution in [0.25, 0.3) is 0 Å². The van der Waals surface area contributed by atoms with Crippen LogP contribution in [0.5, 0.6) is 11.5 Å². The number of ether oxygens (including phenoxy) is 5. The van der Waals surface area contributed by atoms with Crippen molar-refractivity contribution < 1.29 is 38.4 Å². The van der Waals surface area contributed by atoms with E-state index in [1.165, 1.54) is 19.3 Å². The van der Waals surface area contributed by atoms with Gasteiger partial charge in [0.1, 0.15) is 11.5 Å². The lowest BCUT2D eigenvalue weighted by atomic mass is 9.77. The van der Waals surface area contributed by atoms with Gasteiger partial charge < -0.3 is 49.2 Å². The molecule has 0 aromatic heterocycles. The smallest absolute Gasteiger partial charge is 0.251 e. The van der Waals surface area contributed by atoms with Crippen molar-refractivity contribution in [2.45, 2.75) is 76.8 Å². The number of fused-ring (bicyclic) bond motifs is 6. The van der Waals surface area contributed by atoms with Crippen molar-refractivity contribution in [2.24, 2.45) is 0 Å². The van der Waals surface area contributed by atoms with Crippen molar-refractivity contribution in [3.63, 3.8) is 0 Å². The predicted octanol–water partition coefficient (Wildman–Crippen LogP) is 6.27. The monoisotopic (exact) mass is 760 g/mol. The summed E-state index contributed by atoms with van der Waals surface area (Å²) in [6.07, 6.45) is 6.18. The van der Waals surface area contributed by atoms with E-state index in [0.29, 0.717) is 80.2 Å². The molecule has 12 heteroatoms. The van der Waals surface area contributed by atoms with Gasteiger partial charge in [0, 0.05) is 106 Å². The normalized spacial score (nSPS) is 14.9. The Hall–Kier alpha value is -4.20. The molecule has 1 atom stereocenters. The number of aliphatic hydroxyl groups is 1. The van der Waals surface area contributed by atoms with E-state index in [9.17, 15) is 14.7 Å². The summed E-state index contributed by atoms with van der Waals surface area (Å²) in [4.78, 5) is 29.5. The van der Waals surface area contributed by atoms with Crippen molar-refractivity contribution in [1.29, 1.82) is 0 Å². The molecule has 0 saturated carbocycles. The largest absolute Gasteiger partial charge is 0.456 e. The minimum Gasteiger partial charge on any atom is -0.456 e. The highest BCUT2D eigenvalue weighted by atomic mass is 16.6. The zero-order valence-corrected chi connectivity index (χ0v) is 33.4. The molecule has 0 saturated heterocycles. The van der Waals surface area contributed by atoms with E-state index in [0.717, 1.165) is 48.4 Å². The summed E-state index contributed by atoms with van der Waals surface area (Å²) in [5.41, 5.74) is 3.92. The summed E-state index contributed by atoms with van der Waals surface area (Å²) in [5.74, 6) is 0.959. The molecule has 0 radical (unpaired) electrons. The summed E-state index contributed by atoms with van der Waals surface area (Å²) in [6.45, 7) is 7.29. The fourth-order valence-electron chi connectivity index (χ4n) is 6.92. The molecular formula is C43H60N4O8. The van der Waals surface area contributed by atoms with Crippen LogP contribution in [-0.4, -0.2) is 97.3 Å². The van der Waals surface area contributed by atoms with E-state index in [1.807, 2.05) is 74.4 Å². The highest BCUT2D eigenvalue weighted by Gasteiger charge is 2.53. The van der Waals surface area contributed by atoms with Gasteiger partial charge in [-0.3, -0.25) is 9.59 Å². The molecule has 2 aliphatic heterocycles. The minimum absolute atomic E-state index is 0.00446. The number of benzene rings is 3. The van der Waals surface area contributed by atoms with Crippen LogP contribution in [0.3, 0.4) is 0 Å². The number of unbranched alkanes of at least 4 members (excludes halogenated alkanes) is 5. The average molecular weight is 761 g/mol. The summed E-state index contributed by atoms with van der Waals surface area (Å²) in [6, 6.07) is 17.1. The number of carbonyl (C=O) groups excluding carboxylic acids is 2. The first kappa shape index (κ1) is 42.0. The fourth-order valence-corrected chi connectivity index (χ4v) is 6.92. The summed E-state index contributed by atoms with van der Waals surface area (Å²) >= 11 is 0. The number of hydrogen-bond acceptors (Lipinski definition) is 10. The van der Waals surface area contributed by atoms with Crippen LogP contribution in [0.1, 0.15) is 97.7 Å². The van der Waals surface area contributed by atoms with Gasteiger partial charge in [0.2, 0.25) is 5.91 Å². The molecule has 3 aromatic rings. The number of nitrogens with one attached hydrogen (secondary N) is 2. The van der Waals surface area contributed by atoms with Crippen LogP contribution in [0.2, 0.25) is 0 Å². The second-order valence-electron chi connectivity index (χ2n) is 14.8. The number of amides is 2. The zero-order valence-electron chi connectivity index (χ0n) is 33.4. The third kappa shape index (κ3) is 10.8. The van der Waals surface area contributed by atoms with Crippen LogP contribution < -0.4 is 25.2 Å². The molecule has 5 rings (SSSR count). The van der Waals surface area contributed by atoms with Gasteiger partial charge in [-0.25, -0.2) is 0 Å². The fraction of sp³-hybridized carbons (Fsp3) is 0.535. The topological polar surface area (TPSA) is 131 Å². The Morgan fingerprint density at radius 1 is 0.727 bits per heavy atom. The van der Waals surface area contributed by atoms with Crippen LogP contribution in [0.4, 0.5) is 11.4 Å². The van der Waals surface area contributed by atoms with Gasteiger partial charge in [0.05, 0.1) is 32.5 Å². The van der Waals surface area contributed by atoms with E-state index in [2.05, 4.69) is 24.5 Å². The molecule has 3 aromatic carbocycles. The lowest BCUT2D eigenvalue weighted by molar-refractivity contribution is -0.142. The highest BCUT2D eigenvalue weighted by molar-refractivity contribution is 5.94. The molecule has 3 N–H and O–H groups in total. The van der Waals surface area contributed by atoms with Crippen molar-refractivity contribution >= 4 is 23.2 Å². The molecule has 2 heterocycles. The van der Waals surface area contributed by atoms with Crippen LogP contribution in [0, 0.1) is 0 Å². The molecule has 2 aliphatic rings. The first-order valence-electron chi connectivity index (χ1n) is 19.6. The molecule has 0 aliphatic carbocycles. The molecule has 2 amide bonds. The van der Waals surface area contributed by atoms with E-state index >= 15 is 0 Å². The number of hydrogen-bond donors (Lipinski definition) is 3. The highest BCUT2D eigenvalue weighted by Crippen LogP contribution is 2.59. The van der Waals surface area contributed by atoms with Crippen molar-refractivity contribution in [3.05, 3.63) is 82.4 Å². The molecule has 300 valence electrons.